The highest BCUT2D eigenvalue weighted by Gasteiger charge is 2.40. The van der Waals surface area contributed by atoms with Gasteiger partial charge in [0.05, 0.1) is 21.4 Å². The Balaban J connectivity index is 1.51. The normalized spacial score (nSPS) is 17.5. The fourth-order valence-corrected chi connectivity index (χ4v) is 5.08. The highest BCUT2D eigenvalue weighted by atomic mass is 35.5. The number of hydrogen-bond donors (Lipinski definition) is 6. The van der Waals surface area contributed by atoms with Gasteiger partial charge in [0.2, 0.25) is 0 Å². The number of ketones is 2. The molecule has 2 heterocycles. The number of hydrogen-bond acceptors (Lipinski definition) is 8. The number of rotatable bonds is 10. The molecule has 8 amide bonds. The maximum Gasteiger partial charge on any atom is 0.322 e. The predicted molar refractivity (Wildman–Crippen MR) is 153 cm³/mol. The third kappa shape index (κ3) is 6.65. The van der Waals surface area contributed by atoms with Crippen LogP contribution in [0.5, 0.6) is 0 Å². The van der Waals surface area contributed by atoms with Crippen LogP contribution in [-0.2, 0) is 48.0 Å². The number of Topliss-reactive ketones (excluding diaryl/α,β-unsaturated/α-hetero) is 2. The van der Waals surface area contributed by atoms with Gasteiger partial charge in [0.25, 0.3) is 35.2 Å². The molecule has 0 saturated carbocycles. The van der Waals surface area contributed by atoms with Gasteiger partial charge < -0.3 is 21.3 Å². The minimum absolute atomic E-state index is 0.112. The first-order valence-corrected chi connectivity index (χ1v) is 13.6. The van der Waals surface area contributed by atoms with Crippen molar-refractivity contribution in [3.63, 3.8) is 0 Å². The first kappa shape index (κ1) is 31.1. The van der Waals surface area contributed by atoms with Crippen LogP contribution in [0.1, 0.15) is 36.1 Å². The summed E-state index contributed by atoms with van der Waals surface area (Å²) in [6, 6.07) is 1.54. The lowest BCUT2D eigenvalue weighted by Gasteiger charge is -2.17. The highest BCUT2D eigenvalue weighted by Crippen LogP contribution is 2.32. The molecule has 0 bridgehead atoms. The molecule has 2 saturated heterocycles. The second-order valence-corrected chi connectivity index (χ2v) is 10.3. The molecule has 2 fully saturated rings. The van der Waals surface area contributed by atoms with Crippen molar-refractivity contribution >= 4 is 81.8 Å². The molecule has 2 atom stereocenters. The van der Waals surface area contributed by atoms with Crippen LogP contribution in [0, 0.1) is 0 Å². The second-order valence-electron chi connectivity index (χ2n) is 9.52. The Morgan fingerprint density at radius 1 is 0.698 bits per heavy atom. The Morgan fingerprint density at radius 2 is 1.23 bits per heavy atom. The van der Waals surface area contributed by atoms with E-state index in [0.29, 0.717) is 24.8 Å². The number of anilines is 2. The van der Waals surface area contributed by atoms with E-state index in [4.69, 9.17) is 23.2 Å². The van der Waals surface area contributed by atoms with Crippen molar-refractivity contribution in [2.24, 2.45) is 0 Å². The van der Waals surface area contributed by atoms with Crippen LogP contribution in [0.4, 0.5) is 21.0 Å². The van der Waals surface area contributed by atoms with Crippen molar-refractivity contribution in [1.82, 2.24) is 21.3 Å². The standard InChI is InChI=1S/C27H24Cl2N6O8/c1-3-11-9-16(30-24(40)20(36)18-22(38)34-26(42)32-18)14(28)8-13(11)6-10-5-12(4-2)17(15(29)7-10)31-25(41)21(37)19-23(39)35-27(43)33-19/h5,7-9,18-19H,3-4,6H2,1-2H3,(H,30,40)(H,31,41)(H2,32,34,38,42)(H2,33,35,39,43)/t18-,19+/m0/s1. The molecule has 0 aromatic heterocycles. The Kier molecular flexibility index (Phi) is 9.11. The Morgan fingerprint density at radius 3 is 1.72 bits per heavy atom. The summed E-state index contributed by atoms with van der Waals surface area (Å²) in [6.07, 6.45) is 1.26. The van der Waals surface area contributed by atoms with E-state index in [1.807, 2.05) is 24.5 Å². The Hall–Kier alpha value is -4.82. The molecule has 16 heteroatoms. The van der Waals surface area contributed by atoms with Crippen molar-refractivity contribution in [3.8, 4) is 0 Å². The van der Waals surface area contributed by atoms with E-state index in [0.717, 1.165) is 16.7 Å². The van der Waals surface area contributed by atoms with Gasteiger partial charge in [-0.2, -0.15) is 0 Å². The molecule has 14 nitrogen and oxygen atoms in total. The van der Waals surface area contributed by atoms with Gasteiger partial charge in [0.1, 0.15) is 0 Å². The maximum atomic E-state index is 12.6. The van der Waals surface area contributed by atoms with Crippen LogP contribution >= 0.6 is 23.2 Å². The van der Waals surface area contributed by atoms with Gasteiger partial charge in [-0.15, -0.1) is 0 Å². The smallest absolute Gasteiger partial charge is 0.319 e. The number of carbonyl (C=O) groups excluding carboxylic acids is 8. The van der Waals surface area contributed by atoms with Crippen molar-refractivity contribution in [2.45, 2.75) is 45.2 Å². The van der Waals surface area contributed by atoms with Crippen molar-refractivity contribution in [1.29, 1.82) is 0 Å². The molecule has 2 aliphatic heterocycles. The molecular weight excluding hydrogens is 607 g/mol. The molecule has 0 radical (unpaired) electrons. The van der Waals surface area contributed by atoms with Gasteiger partial charge in [-0.3, -0.25) is 39.4 Å². The molecular formula is C27H24Cl2N6O8. The zero-order valence-corrected chi connectivity index (χ0v) is 24.1. The monoisotopic (exact) mass is 630 g/mol. The number of halogens is 2. The molecule has 0 spiro atoms. The van der Waals surface area contributed by atoms with Gasteiger partial charge in [-0.25, -0.2) is 9.59 Å². The fraction of sp³-hybridized carbons (Fsp3) is 0.259. The van der Waals surface area contributed by atoms with Gasteiger partial charge in [0.15, 0.2) is 12.1 Å². The average Bonchev–Trinajstić information content (AvgIpc) is 3.48. The lowest BCUT2D eigenvalue weighted by Crippen LogP contribution is -2.44. The van der Waals surface area contributed by atoms with Crippen LogP contribution in [0.3, 0.4) is 0 Å². The molecule has 224 valence electrons. The number of urea groups is 2. The van der Waals surface area contributed by atoms with Gasteiger partial charge in [0, 0.05) is 0 Å². The quantitative estimate of drug-likeness (QED) is 0.127. The Bertz CT molecular complexity index is 1620. The summed E-state index contributed by atoms with van der Waals surface area (Å²) in [7, 11) is 0. The summed E-state index contributed by atoms with van der Waals surface area (Å²) in [6.45, 7) is 3.68. The lowest BCUT2D eigenvalue weighted by atomic mass is 9.95. The van der Waals surface area contributed by atoms with E-state index in [9.17, 15) is 38.4 Å². The van der Waals surface area contributed by atoms with Crippen LogP contribution < -0.4 is 31.9 Å². The summed E-state index contributed by atoms with van der Waals surface area (Å²) in [5.74, 6) is -6.44. The van der Waals surface area contributed by atoms with Crippen molar-refractivity contribution in [3.05, 3.63) is 56.6 Å². The van der Waals surface area contributed by atoms with Crippen LogP contribution in [0.2, 0.25) is 10.0 Å². The number of aryl methyl sites for hydroxylation is 2. The molecule has 2 aromatic carbocycles. The number of carbonyl (C=O) groups is 8. The highest BCUT2D eigenvalue weighted by molar-refractivity contribution is 6.48. The zero-order valence-electron chi connectivity index (χ0n) is 22.6. The Labute approximate surface area is 253 Å². The average molecular weight is 631 g/mol. The summed E-state index contributed by atoms with van der Waals surface area (Å²) < 4.78 is 0. The first-order valence-electron chi connectivity index (χ1n) is 12.9. The van der Waals surface area contributed by atoms with E-state index >= 15 is 0 Å². The molecule has 2 aromatic rings. The molecule has 0 aliphatic carbocycles. The number of nitrogens with one attached hydrogen (secondary N) is 6. The molecule has 0 unspecified atom stereocenters. The maximum absolute atomic E-state index is 12.6. The minimum Gasteiger partial charge on any atom is -0.319 e. The molecule has 4 rings (SSSR count). The van der Waals surface area contributed by atoms with E-state index < -0.39 is 59.3 Å². The second kappa shape index (κ2) is 12.6. The predicted octanol–water partition coefficient (Wildman–Crippen LogP) is 1.14. The van der Waals surface area contributed by atoms with Gasteiger partial charge in [-0.05, 0) is 59.7 Å². The van der Waals surface area contributed by atoms with Crippen molar-refractivity contribution < 1.29 is 38.4 Å². The van der Waals surface area contributed by atoms with Crippen LogP contribution in [0.15, 0.2) is 24.3 Å². The third-order valence-electron chi connectivity index (χ3n) is 6.68. The van der Waals surface area contributed by atoms with Crippen LogP contribution in [-0.4, -0.2) is 59.3 Å². The number of benzene rings is 2. The largest absolute Gasteiger partial charge is 0.322 e. The van der Waals surface area contributed by atoms with E-state index in [2.05, 4.69) is 21.3 Å². The van der Waals surface area contributed by atoms with Gasteiger partial charge in [-0.1, -0.05) is 43.1 Å². The number of amides is 8. The fourth-order valence-electron chi connectivity index (χ4n) is 4.54. The SMILES string of the molecule is CCc1cc(NC(=O)C(=O)[C@@H]2NC(=O)NC2=O)c(Cl)cc1Cc1cc(Cl)c(NC(=O)C(=O)[C@H]2NC(=O)NC2=O)c(CC)c1. The van der Waals surface area contributed by atoms with E-state index in [-0.39, 0.29) is 21.4 Å². The van der Waals surface area contributed by atoms with Crippen molar-refractivity contribution in [2.75, 3.05) is 10.6 Å². The number of imide groups is 2. The molecule has 6 N–H and O–H groups in total. The summed E-state index contributed by atoms with van der Waals surface area (Å²) in [5.41, 5.74) is 3.18. The summed E-state index contributed by atoms with van der Waals surface area (Å²) in [5, 5.41) is 13.0. The zero-order chi connectivity index (χ0) is 31.6. The summed E-state index contributed by atoms with van der Waals surface area (Å²) in [4.78, 5) is 95.9. The molecule has 2 aliphatic rings. The van der Waals surface area contributed by atoms with Gasteiger partial charge >= 0.3 is 12.1 Å². The summed E-state index contributed by atoms with van der Waals surface area (Å²) >= 11 is 12.9. The molecule has 43 heavy (non-hydrogen) atoms. The third-order valence-corrected chi connectivity index (χ3v) is 7.30. The van der Waals surface area contributed by atoms with Crippen LogP contribution in [0.25, 0.3) is 0 Å². The first-order chi connectivity index (χ1) is 20.3. The van der Waals surface area contributed by atoms with E-state index in [1.54, 1.807) is 24.3 Å². The topological polar surface area (TPSA) is 209 Å². The minimum atomic E-state index is -1.64. The lowest BCUT2D eigenvalue weighted by molar-refractivity contribution is -0.138. The van der Waals surface area contributed by atoms with E-state index in [1.165, 1.54) is 0 Å².